The fraction of sp³-hybridized carbons (Fsp3) is 0.333. The number of nitrogen functional groups attached to an aromatic ring is 1. The highest BCUT2D eigenvalue weighted by atomic mass is 16.6. The first-order valence-corrected chi connectivity index (χ1v) is 5.28. The highest BCUT2D eigenvalue weighted by Gasteiger charge is 2.24. The Morgan fingerprint density at radius 1 is 1.50 bits per heavy atom. The van der Waals surface area contributed by atoms with E-state index in [4.69, 9.17) is 5.73 Å². The molecule has 9 heteroatoms. The lowest BCUT2D eigenvalue weighted by atomic mass is 10.2. The third-order valence-corrected chi connectivity index (χ3v) is 2.33. The van der Waals surface area contributed by atoms with Gasteiger partial charge in [-0.25, -0.2) is 14.6 Å². The van der Waals surface area contributed by atoms with Crippen molar-refractivity contribution in [2.45, 2.75) is 19.9 Å². The molecule has 18 heavy (non-hydrogen) atoms. The molecule has 0 bridgehead atoms. The average Bonchev–Trinajstić information content (AvgIpc) is 2.76. The van der Waals surface area contributed by atoms with Gasteiger partial charge in [-0.3, -0.25) is 10.1 Å². The molecule has 2 N–H and O–H groups in total. The van der Waals surface area contributed by atoms with Crippen LogP contribution in [0.15, 0.2) is 12.5 Å². The van der Waals surface area contributed by atoms with Crippen LogP contribution in [0.1, 0.15) is 13.3 Å². The highest BCUT2D eigenvalue weighted by molar-refractivity contribution is 5.72. The first kappa shape index (κ1) is 11.9. The SMILES string of the molecule is CCCn1nncc1-c1ncnc(N)c1[N+](=O)[O-]. The second kappa shape index (κ2) is 4.73. The lowest BCUT2D eigenvalue weighted by Gasteiger charge is -2.05. The lowest BCUT2D eigenvalue weighted by molar-refractivity contribution is -0.383. The van der Waals surface area contributed by atoms with Crippen molar-refractivity contribution in [2.24, 2.45) is 0 Å². The van der Waals surface area contributed by atoms with Crippen LogP contribution >= 0.6 is 0 Å². The Bertz CT molecular complexity index is 580. The largest absolute Gasteiger partial charge is 0.378 e. The molecular weight excluding hydrogens is 238 g/mol. The summed E-state index contributed by atoms with van der Waals surface area (Å²) in [5.74, 6) is -0.172. The number of hydrogen-bond acceptors (Lipinski definition) is 7. The molecule has 0 spiro atoms. The van der Waals surface area contributed by atoms with Gasteiger partial charge in [0, 0.05) is 6.54 Å². The number of hydrogen-bond donors (Lipinski definition) is 1. The van der Waals surface area contributed by atoms with Crippen molar-refractivity contribution in [1.29, 1.82) is 0 Å². The Labute approximate surface area is 102 Å². The predicted molar refractivity (Wildman–Crippen MR) is 62.4 cm³/mol. The summed E-state index contributed by atoms with van der Waals surface area (Å²) >= 11 is 0. The summed E-state index contributed by atoms with van der Waals surface area (Å²) in [5, 5.41) is 18.6. The van der Waals surface area contributed by atoms with Gasteiger partial charge in [-0.2, -0.15) is 0 Å². The van der Waals surface area contributed by atoms with E-state index >= 15 is 0 Å². The van der Waals surface area contributed by atoms with Crippen molar-refractivity contribution in [1.82, 2.24) is 25.0 Å². The Morgan fingerprint density at radius 3 is 2.94 bits per heavy atom. The van der Waals surface area contributed by atoms with Crippen LogP contribution in [0.2, 0.25) is 0 Å². The normalized spacial score (nSPS) is 10.5. The van der Waals surface area contributed by atoms with Gasteiger partial charge in [-0.1, -0.05) is 12.1 Å². The van der Waals surface area contributed by atoms with Crippen LogP contribution in [0.4, 0.5) is 11.5 Å². The van der Waals surface area contributed by atoms with Crippen LogP contribution in [-0.2, 0) is 6.54 Å². The third kappa shape index (κ3) is 1.97. The van der Waals surface area contributed by atoms with E-state index in [0.717, 1.165) is 6.42 Å². The topological polar surface area (TPSA) is 126 Å². The molecule has 2 rings (SSSR count). The van der Waals surface area contributed by atoms with E-state index in [1.807, 2.05) is 6.92 Å². The molecule has 0 radical (unpaired) electrons. The zero-order chi connectivity index (χ0) is 13.1. The number of aromatic nitrogens is 5. The van der Waals surface area contributed by atoms with Crippen molar-refractivity contribution >= 4 is 11.5 Å². The molecule has 0 aliphatic rings. The molecule has 2 aromatic heterocycles. The van der Waals surface area contributed by atoms with Crippen LogP contribution in [0, 0.1) is 10.1 Å². The fourth-order valence-corrected chi connectivity index (χ4v) is 1.58. The summed E-state index contributed by atoms with van der Waals surface area (Å²) < 4.78 is 1.55. The fourth-order valence-electron chi connectivity index (χ4n) is 1.58. The van der Waals surface area contributed by atoms with Gasteiger partial charge in [-0.15, -0.1) is 5.10 Å². The minimum absolute atomic E-state index is 0.131. The first-order valence-electron chi connectivity index (χ1n) is 5.28. The summed E-state index contributed by atoms with van der Waals surface area (Å²) in [6, 6.07) is 0. The molecule has 0 aromatic carbocycles. The van der Waals surface area contributed by atoms with E-state index in [9.17, 15) is 10.1 Å². The Kier molecular flexibility index (Phi) is 3.13. The van der Waals surface area contributed by atoms with Crippen LogP contribution in [0.3, 0.4) is 0 Å². The Hall–Kier alpha value is -2.58. The quantitative estimate of drug-likeness (QED) is 0.622. The van der Waals surface area contributed by atoms with Crippen molar-refractivity contribution < 1.29 is 4.92 Å². The molecule has 2 aromatic rings. The lowest BCUT2D eigenvalue weighted by Crippen LogP contribution is -2.07. The van der Waals surface area contributed by atoms with Gasteiger partial charge in [0.05, 0.1) is 11.1 Å². The maximum atomic E-state index is 11.0. The van der Waals surface area contributed by atoms with Crippen molar-refractivity contribution in [3.63, 3.8) is 0 Å². The molecule has 94 valence electrons. The zero-order valence-corrected chi connectivity index (χ0v) is 9.65. The molecule has 0 saturated heterocycles. The predicted octanol–water partition coefficient (Wildman–Crippen LogP) is 0.635. The smallest absolute Gasteiger partial charge is 0.338 e. The van der Waals surface area contributed by atoms with Crippen molar-refractivity contribution in [3.8, 4) is 11.4 Å². The zero-order valence-electron chi connectivity index (χ0n) is 9.65. The van der Waals surface area contributed by atoms with Gasteiger partial charge >= 0.3 is 5.69 Å². The van der Waals surface area contributed by atoms with Crippen LogP contribution < -0.4 is 5.73 Å². The molecule has 0 atom stereocenters. The van der Waals surface area contributed by atoms with E-state index in [1.165, 1.54) is 12.5 Å². The molecule has 0 unspecified atom stereocenters. The van der Waals surface area contributed by atoms with Crippen LogP contribution in [0.5, 0.6) is 0 Å². The number of rotatable bonds is 4. The second-order valence-corrected chi connectivity index (χ2v) is 3.56. The van der Waals surface area contributed by atoms with E-state index < -0.39 is 4.92 Å². The maximum absolute atomic E-state index is 11.0. The molecule has 0 saturated carbocycles. The molecule has 0 aliphatic heterocycles. The molecule has 0 aliphatic carbocycles. The highest BCUT2D eigenvalue weighted by Crippen LogP contribution is 2.30. The number of anilines is 1. The molecular formula is C9H11N7O2. The number of nitrogens with two attached hydrogens (primary N) is 1. The number of nitro groups is 1. The summed E-state index contributed by atoms with van der Waals surface area (Å²) in [5.41, 5.74) is 5.77. The second-order valence-electron chi connectivity index (χ2n) is 3.56. The van der Waals surface area contributed by atoms with Crippen LogP contribution in [-0.4, -0.2) is 29.9 Å². The summed E-state index contributed by atoms with van der Waals surface area (Å²) in [7, 11) is 0. The van der Waals surface area contributed by atoms with E-state index in [1.54, 1.807) is 4.68 Å². The van der Waals surface area contributed by atoms with Gasteiger partial charge < -0.3 is 5.73 Å². The average molecular weight is 249 g/mol. The first-order chi connectivity index (χ1) is 8.65. The number of nitrogens with zero attached hydrogens (tertiary/aromatic N) is 6. The minimum Gasteiger partial charge on any atom is -0.378 e. The summed E-state index contributed by atoms with van der Waals surface area (Å²) in [4.78, 5) is 17.9. The monoisotopic (exact) mass is 249 g/mol. The van der Waals surface area contributed by atoms with Crippen molar-refractivity contribution in [2.75, 3.05) is 5.73 Å². The van der Waals surface area contributed by atoms with Gasteiger partial charge in [0.2, 0.25) is 5.82 Å². The van der Waals surface area contributed by atoms with Crippen LogP contribution in [0.25, 0.3) is 11.4 Å². The van der Waals surface area contributed by atoms with Gasteiger partial charge in [0.1, 0.15) is 12.0 Å². The van der Waals surface area contributed by atoms with E-state index in [2.05, 4.69) is 20.3 Å². The number of aryl methyl sites for hydroxylation is 1. The molecule has 9 nitrogen and oxygen atoms in total. The summed E-state index contributed by atoms with van der Waals surface area (Å²) in [6.45, 7) is 2.56. The maximum Gasteiger partial charge on any atom is 0.338 e. The third-order valence-electron chi connectivity index (χ3n) is 2.33. The molecule has 2 heterocycles. The Morgan fingerprint density at radius 2 is 2.28 bits per heavy atom. The van der Waals surface area contributed by atoms with Gasteiger partial charge in [-0.05, 0) is 6.42 Å². The van der Waals surface area contributed by atoms with Gasteiger partial charge in [0.25, 0.3) is 0 Å². The summed E-state index contributed by atoms with van der Waals surface area (Å²) in [6.07, 6.45) is 3.43. The Balaban J connectivity index is 2.60. The standard InChI is InChI=1S/C9H11N7O2/c1-2-3-15-6(4-13-14-15)7-8(16(17)18)9(10)12-5-11-7/h4-5H,2-3H2,1H3,(H2,10,11,12). The van der Waals surface area contributed by atoms with Gasteiger partial charge in [0.15, 0.2) is 5.69 Å². The molecule has 0 amide bonds. The van der Waals surface area contributed by atoms with E-state index in [-0.39, 0.29) is 17.2 Å². The minimum atomic E-state index is -0.603. The molecule has 0 fully saturated rings. The van der Waals surface area contributed by atoms with E-state index in [0.29, 0.717) is 12.2 Å². The van der Waals surface area contributed by atoms with Crippen molar-refractivity contribution in [3.05, 3.63) is 22.6 Å².